The Hall–Kier alpha value is -3.42. The highest BCUT2D eigenvalue weighted by Crippen LogP contribution is 2.41. The van der Waals surface area contributed by atoms with E-state index in [9.17, 15) is 9.59 Å². The van der Waals surface area contributed by atoms with Crippen molar-refractivity contribution in [2.24, 2.45) is 5.92 Å². The van der Waals surface area contributed by atoms with E-state index < -0.39 is 0 Å². The third-order valence-electron chi connectivity index (χ3n) is 5.87. The largest absolute Gasteiger partial charge is 0.483 e. The van der Waals surface area contributed by atoms with Gasteiger partial charge in [0.25, 0.3) is 5.91 Å². The van der Waals surface area contributed by atoms with Gasteiger partial charge < -0.3 is 29.2 Å². The van der Waals surface area contributed by atoms with Gasteiger partial charge in [0, 0.05) is 49.2 Å². The van der Waals surface area contributed by atoms with E-state index >= 15 is 0 Å². The molecule has 8 nitrogen and oxygen atoms in total. The van der Waals surface area contributed by atoms with Gasteiger partial charge in [-0.1, -0.05) is 12.1 Å². The highest BCUT2D eigenvalue weighted by Gasteiger charge is 2.33. The quantitative estimate of drug-likeness (QED) is 0.746. The molecule has 0 radical (unpaired) electrons. The van der Waals surface area contributed by atoms with Crippen LogP contribution in [-0.2, 0) is 16.0 Å². The van der Waals surface area contributed by atoms with Gasteiger partial charge in [0.1, 0.15) is 5.60 Å². The van der Waals surface area contributed by atoms with Crippen LogP contribution in [0.15, 0.2) is 36.4 Å². The smallest absolute Gasteiger partial charge is 0.257 e. The molecule has 2 amide bonds. The summed E-state index contributed by atoms with van der Waals surface area (Å²) in [5.41, 5.74) is 1.58. The molecule has 1 atom stereocenters. The third-order valence-corrected chi connectivity index (χ3v) is 5.87. The number of carbonyl (C=O) groups is 2. The minimum Gasteiger partial charge on any atom is -0.483 e. The summed E-state index contributed by atoms with van der Waals surface area (Å²) in [7, 11) is 0. The summed E-state index contributed by atoms with van der Waals surface area (Å²) in [5, 5.41) is 2.88. The van der Waals surface area contributed by atoms with Gasteiger partial charge in [-0.05, 0) is 32.0 Å². The monoisotopic (exact) mass is 438 g/mol. The van der Waals surface area contributed by atoms with Crippen molar-refractivity contribution < 1.29 is 28.5 Å². The molecule has 3 heterocycles. The first-order valence-electron chi connectivity index (χ1n) is 10.8. The average molecular weight is 438 g/mol. The molecule has 0 aliphatic carbocycles. The predicted octanol–water partition coefficient (Wildman–Crippen LogP) is 2.68. The van der Waals surface area contributed by atoms with Crippen molar-refractivity contribution >= 4 is 17.5 Å². The van der Waals surface area contributed by atoms with E-state index in [4.69, 9.17) is 18.9 Å². The second-order valence-electron chi connectivity index (χ2n) is 8.99. The third kappa shape index (κ3) is 4.04. The number of hydrogen-bond donors (Lipinski definition) is 1. The van der Waals surface area contributed by atoms with Gasteiger partial charge in [-0.3, -0.25) is 9.59 Å². The number of anilines is 1. The number of benzene rings is 2. The molecular weight excluding hydrogens is 412 g/mol. The number of hydrogen-bond acceptors (Lipinski definition) is 6. The van der Waals surface area contributed by atoms with Crippen LogP contribution in [0.25, 0.3) is 0 Å². The van der Waals surface area contributed by atoms with Crippen molar-refractivity contribution in [3.8, 4) is 23.0 Å². The summed E-state index contributed by atoms with van der Waals surface area (Å²) in [4.78, 5) is 26.6. The Morgan fingerprint density at radius 2 is 2.06 bits per heavy atom. The van der Waals surface area contributed by atoms with E-state index in [2.05, 4.69) is 5.32 Å². The Morgan fingerprint density at radius 1 is 1.22 bits per heavy atom. The molecule has 32 heavy (non-hydrogen) atoms. The van der Waals surface area contributed by atoms with Gasteiger partial charge in [0.15, 0.2) is 29.6 Å². The molecule has 3 aliphatic rings. The Balaban J connectivity index is 1.13. The van der Waals surface area contributed by atoms with Crippen LogP contribution in [0, 0.1) is 5.92 Å². The molecule has 1 unspecified atom stereocenters. The molecule has 1 saturated heterocycles. The van der Waals surface area contributed by atoms with Gasteiger partial charge in [-0.15, -0.1) is 0 Å². The molecule has 0 bridgehead atoms. The SMILES string of the molecule is CC1(C)Cc2cccc(OCC(=O)NCC3CC(=O)N(c4ccc5c(c4)OCO5)C3)c2O1. The lowest BCUT2D eigenvalue weighted by molar-refractivity contribution is -0.123. The number of nitrogens with zero attached hydrogens (tertiary/aromatic N) is 1. The molecular formula is C24H26N2O6. The summed E-state index contributed by atoms with van der Waals surface area (Å²) >= 11 is 0. The summed E-state index contributed by atoms with van der Waals surface area (Å²) in [6.45, 7) is 5.09. The van der Waals surface area contributed by atoms with Crippen molar-refractivity contribution in [2.45, 2.75) is 32.3 Å². The molecule has 0 spiro atoms. The van der Waals surface area contributed by atoms with E-state index in [-0.39, 0.29) is 36.7 Å². The minimum absolute atomic E-state index is 0.0268. The molecule has 1 fully saturated rings. The fourth-order valence-corrected chi connectivity index (χ4v) is 4.37. The highest BCUT2D eigenvalue weighted by atomic mass is 16.7. The second-order valence-corrected chi connectivity index (χ2v) is 8.99. The van der Waals surface area contributed by atoms with Crippen LogP contribution in [0.5, 0.6) is 23.0 Å². The zero-order valence-corrected chi connectivity index (χ0v) is 18.2. The maximum absolute atomic E-state index is 12.5. The first kappa shape index (κ1) is 20.5. The van der Waals surface area contributed by atoms with Crippen LogP contribution in [0.4, 0.5) is 5.69 Å². The van der Waals surface area contributed by atoms with Gasteiger partial charge in [0.05, 0.1) is 0 Å². The first-order valence-corrected chi connectivity index (χ1v) is 10.8. The van der Waals surface area contributed by atoms with Crippen molar-refractivity contribution in [3.05, 3.63) is 42.0 Å². The number of nitrogens with one attached hydrogen (secondary N) is 1. The predicted molar refractivity (Wildman–Crippen MR) is 116 cm³/mol. The summed E-state index contributed by atoms with van der Waals surface area (Å²) in [6.07, 6.45) is 1.19. The van der Waals surface area contributed by atoms with Crippen molar-refractivity contribution in [3.63, 3.8) is 0 Å². The van der Waals surface area contributed by atoms with E-state index in [1.54, 1.807) is 4.90 Å². The molecule has 1 N–H and O–H groups in total. The van der Waals surface area contributed by atoms with Crippen molar-refractivity contribution in [1.29, 1.82) is 0 Å². The standard InChI is InChI=1S/C24H26N2O6/c1-24(2)10-16-4-3-5-19(23(16)32-24)29-13-21(27)25-11-15-8-22(28)26(12-15)17-6-7-18-20(9-17)31-14-30-18/h3-7,9,15H,8,10-14H2,1-2H3,(H,25,27). The summed E-state index contributed by atoms with van der Waals surface area (Å²) < 4.78 is 22.4. The van der Waals surface area contributed by atoms with E-state index in [1.165, 1.54) is 0 Å². The Kier molecular flexibility index (Phi) is 5.07. The fraction of sp³-hybridized carbons (Fsp3) is 0.417. The molecule has 2 aromatic carbocycles. The van der Waals surface area contributed by atoms with Crippen LogP contribution < -0.4 is 29.2 Å². The number of para-hydroxylation sites is 1. The highest BCUT2D eigenvalue weighted by molar-refractivity contribution is 5.96. The Morgan fingerprint density at radius 3 is 2.94 bits per heavy atom. The Labute approximate surface area is 186 Å². The van der Waals surface area contributed by atoms with E-state index in [0.717, 1.165) is 17.7 Å². The number of carbonyl (C=O) groups excluding carboxylic acids is 2. The molecule has 2 aromatic rings. The topological polar surface area (TPSA) is 86.3 Å². The first-order chi connectivity index (χ1) is 15.4. The maximum Gasteiger partial charge on any atom is 0.257 e. The molecule has 168 valence electrons. The summed E-state index contributed by atoms with van der Waals surface area (Å²) in [5.74, 6) is 2.44. The average Bonchev–Trinajstić information content (AvgIpc) is 3.45. The van der Waals surface area contributed by atoms with Gasteiger partial charge in [-0.2, -0.15) is 0 Å². The van der Waals surface area contributed by atoms with Crippen LogP contribution in [-0.4, -0.2) is 43.9 Å². The minimum atomic E-state index is -0.275. The summed E-state index contributed by atoms with van der Waals surface area (Å²) in [6, 6.07) is 11.2. The Bertz CT molecular complexity index is 1070. The van der Waals surface area contributed by atoms with Gasteiger partial charge in [-0.25, -0.2) is 0 Å². The molecule has 8 heteroatoms. The number of ether oxygens (including phenoxy) is 4. The number of fused-ring (bicyclic) bond motifs is 2. The van der Waals surface area contributed by atoms with Gasteiger partial charge in [0.2, 0.25) is 12.7 Å². The normalized spacial score (nSPS) is 20.1. The lowest BCUT2D eigenvalue weighted by Crippen LogP contribution is -2.34. The number of rotatable bonds is 6. The lowest BCUT2D eigenvalue weighted by atomic mass is 10.0. The van der Waals surface area contributed by atoms with Crippen LogP contribution >= 0.6 is 0 Å². The van der Waals surface area contributed by atoms with Crippen molar-refractivity contribution in [2.75, 3.05) is 31.4 Å². The van der Waals surface area contributed by atoms with E-state index in [0.29, 0.717) is 42.5 Å². The molecule has 5 rings (SSSR count). The van der Waals surface area contributed by atoms with Crippen LogP contribution in [0.2, 0.25) is 0 Å². The molecule has 0 saturated carbocycles. The zero-order valence-electron chi connectivity index (χ0n) is 18.2. The molecule has 3 aliphatic heterocycles. The van der Waals surface area contributed by atoms with Crippen molar-refractivity contribution in [1.82, 2.24) is 5.32 Å². The number of amides is 2. The van der Waals surface area contributed by atoms with Crippen LogP contribution in [0.3, 0.4) is 0 Å². The van der Waals surface area contributed by atoms with Gasteiger partial charge >= 0.3 is 0 Å². The van der Waals surface area contributed by atoms with E-state index in [1.807, 2.05) is 50.2 Å². The zero-order chi connectivity index (χ0) is 22.3. The fourth-order valence-electron chi connectivity index (χ4n) is 4.37. The lowest BCUT2D eigenvalue weighted by Gasteiger charge is -2.18. The second kappa shape index (κ2) is 7.93. The van der Waals surface area contributed by atoms with Crippen LogP contribution in [0.1, 0.15) is 25.8 Å². The molecule has 0 aromatic heterocycles. The maximum atomic E-state index is 12.5.